The van der Waals surface area contributed by atoms with Crippen molar-refractivity contribution in [3.8, 4) is 5.75 Å². The Morgan fingerprint density at radius 2 is 1.70 bits per heavy atom. The van der Waals surface area contributed by atoms with Gasteiger partial charge in [0.2, 0.25) is 5.78 Å². The number of carbonyl (C=O) groups is 1. The summed E-state index contributed by atoms with van der Waals surface area (Å²) < 4.78 is 5.53. The molecule has 0 atom stereocenters. The van der Waals surface area contributed by atoms with Crippen LogP contribution in [0.25, 0.3) is 0 Å². The minimum absolute atomic E-state index is 0.0665. The Labute approximate surface area is 128 Å². The van der Waals surface area contributed by atoms with Crippen LogP contribution in [0.5, 0.6) is 5.75 Å². The Morgan fingerprint density at radius 1 is 1.05 bits per heavy atom. The van der Waals surface area contributed by atoms with Crippen LogP contribution in [0.3, 0.4) is 0 Å². The second kappa shape index (κ2) is 6.29. The lowest BCUT2D eigenvalue weighted by molar-refractivity contribution is 0.0921. The zero-order chi connectivity index (χ0) is 14.7. The molecule has 0 aromatic heterocycles. The van der Waals surface area contributed by atoms with Crippen molar-refractivity contribution in [1.29, 1.82) is 0 Å². The van der Waals surface area contributed by atoms with Gasteiger partial charge >= 0.3 is 0 Å². The van der Waals surface area contributed by atoms with Crippen LogP contribution in [0.15, 0.2) is 36.4 Å². The molecule has 0 N–H and O–H groups in total. The molecule has 0 heterocycles. The van der Waals surface area contributed by atoms with Gasteiger partial charge in [0.1, 0.15) is 5.75 Å². The van der Waals surface area contributed by atoms with Gasteiger partial charge in [0.05, 0.1) is 5.02 Å². The Kier molecular flexibility index (Phi) is 4.69. The largest absolute Gasteiger partial charge is 0.485 e. The lowest BCUT2D eigenvalue weighted by Crippen LogP contribution is -2.12. The molecule has 0 saturated carbocycles. The maximum atomic E-state index is 12.1. The lowest BCUT2D eigenvalue weighted by Gasteiger charge is -2.08. The fraction of sp³-hybridized carbons (Fsp3) is 0.188. The molecule has 0 aliphatic heterocycles. The average Bonchev–Trinajstić information content (AvgIpc) is 2.38. The van der Waals surface area contributed by atoms with E-state index < -0.39 is 0 Å². The van der Waals surface area contributed by atoms with Gasteiger partial charge in [-0.1, -0.05) is 29.3 Å². The van der Waals surface area contributed by atoms with Gasteiger partial charge in [0.15, 0.2) is 6.61 Å². The predicted octanol–water partition coefficient (Wildman–Crippen LogP) is 4.87. The van der Waals surface area contributed by atoms with Gasteiger partial charge in [-0.2, -0.15) is 0 Å². The molecular formula is C16H14Cl2O2. The third-order valence-corrected chi connectivity index (χ3v) is 3.36. The molecule has 4 heteroatoms. The van der Waals surface area contributed by atoms with Gasteiger partial charge < -0.3 is 4.74 Å². The van der Waals surface area contributed by atoms with Crippen LogP contribution < -0.4 is 4.74 Å². The van der Waals surface area contributed by atoms with Gasteiger partial charge in [0, 0.05) is 10.6 Å². The molecule has 0 saturated heterocycles. The Bertz CT molecular complexity index is 631. The Balaban J connectivity index is 2.10. The van der Waals surface area contributed by atoms with Crippen molar-refractivity contribution >= 4 is 29.0 Å². The average molecular weight is 309 g/mol. The highest BCUT2D eigenvalue weighted by atomic mass is 35.5. The molecule has 0 amide bonds. The van der Waals surface area contributed by atoms with Crippen molar-refractivity contribution in [3.05, 3.63) is 63.1 Å². The number of benzene rings is 2. The molecule has 0 radical (unpaired) electrons. The first-order valence-corrected chi connectivity index (χ1v) is 6.90. The number of hydrogen-bond acceptors (Lipinski definition) is 2. The SMILES string of the molecule is Cc1cc(C)cc(OCC(=O)c2cc(Cl)ccc2Cl)c1. The topological polar surface area (TPSA) is 26.3 Å². The van der Waals surface area contributed by atoms with Gasteiger partial charge in [0.25, 0.3) is 0 Å². The predicted molar refractivity (Wildman–Crippen MR) is 82.2 cm³/mol. The fourth-order valence-corrected chi connectivity index (χ4v) is 2.35. The van der Waals surface area contributed by atoms with E-state index in [2.05, 4.69) is 0 Å². The fourth-order valence-electron chi connectivity index (χ4n) is 1.95. The summed E-state index contributed by atoms with van der Waals surface area (Å²) in [7, 11) is 0. The number of rotatable bonds is 4. The molecule has 0 aliphatic carbocycles. The molecule has 20 heavy (non-hydrogen) atoms. The van der Waals surface area contributed by atoms with E-state index in [0.29, 0.717) is 21.4 Å². The molecule has 0 aliphatic rings. The third kappa shape index (κ3) is 3.75. The van der Waals surface area contributed by atoms with Gasteiger partial charge in [-0.15, -0.1) is 0 Å². The molecule has 0 spiro atoms. The standard InChI is InChI=1S/C16H14Cl2O2/c1-10-5-11(2)7-13(6-10)20-9-16(19)14-8-12(17)3-4-15(14)18/h3-8H,9H2,1-2H3. The second-order valence-corrected chi connectivity index (χ2v) is 5.50. The number of ether oxygens (including phenoxy) is 1. The smallest absolute Gasteiger partial charge is 0.201 e. The molecule has 104 valence electrons. The molecule has 0 fully saturated rings. The van der Waals surface area contributed by atoms with Gasteiger partial charge in [-0.25, -0.2) is 0 Å². The molecule has 2 rings (SSSR count). The Morgan fingerprint density at radius 3 is 2.35 bits per heavy atom. The highest BCUT2D eigenvalue weighted by Gasteiger charge is 2.12. The van der Waals surface area contributed by atoms with Crippen molar-refractivity contribution in [2.75, 3.05) is 6.61 Å². The van der Waals surface area contributed by atoms with Gasteiger partial charge in [-0.05, 0) is 55.3 Å². The lowest BCUT2D eigenvalue weighted by atomic mass is 10.1. The third-order valence-electron chi connectivity index (χ3n) is 2.79. The van der Waals surface area contributed by atoms with Gasteiger partial charge in [-0.3, -0.25) is 4.79 Å². The number of ketones is 1. The highest BCUT2D eigenvalue weighted by Crippen LogP contribution is 2.22. The first-order valence-electron chi connectivity index (χ1n) is 6.15. The minimum Gasteiger partial charge on any atom is -0.485 e. The van der Waals surface area contributed by atoms with Crippen LogP contribution in [0.2, 0.25) is 10.0 Å². The van der Waals surface area contributed by atoms with E-state index in [1.807, 2.05) is 32.0 Å². The van der Waals surface area contributed by atoms with Crippen molar-refractivity contribution < 1.29 is 9.53 Å². The normalized spacial score (nSPS) is 10.4. The summed E-state index contributed by atoms with van der Waals surface area (Å²) in [5.74, 6) is 0.477. The molecular weight excluding hydrogens is 295 g/mol. The van der Waals surface area contributed by atoms with Crippen LogP contribution in [0, 0.1) is 13.8 Å². The minimum atomic E-state index is -0.198. The summed E-state index contributed by atoms with van der Waals surface area (Å²) in [4.78, 5) is 12.1. The second-order valence-electron chi connectivity index (χ2n) is 4.66. The van der Waals surface area contributed by atoms with Crippen LogP contribution in [0.4, 0.5) is 0 Å². The molecule has 2 nitrogen and oxygen atoms in total. The first-order chi connectivity index (χ1) is 9.45. The van der Waals surface area contributed by atoms with Crippen LogP contribution in [0.1, 0.15) is 21.5 Å². The van der Waals surface area contributed by atoms with E-state index >= 15 is 0 Å². The quantitative estimate of drug-likeness (QED) is 0.753. The number of halogens is 2. The maximum Gasteiger partial charge on any atom is 0.201 e. The number of carbonyl (C=O) groups excluding carboxylic acids is 1. The molecule has 0 bridgehead atoms. The van der Waals surface area contributed by atoms with E-state index in [9.17, 15) is 4.79 Å². The maximum absolute atomic E-state index is 12.1. The summed E-state index contributed by atoms with van der Waals surface area (Å²) in [5, 5.41) is 0.854. The van der Waals surface area contributed by atoms with Crippen LogP contribution in [-0.2, 0) is 0 Å². The first kappa shape index (κ1) is 14.9. The van der Waals surface area contributed by atoms with E-state index in [0.717, 1.165) is 11.1 Å². The summed E-state index contributed by atoms with van der Waals surface area (Å²) in [5.41, 5.74) is 2.56. The van der Waals surface area contributed by atoms with E-state index in [4.69, 9.17) is 27.9 Å². The van der Waals surface area contributed by atoms with Crippen LogP contribution >= 0.6 is 23.2 Å². The Hall–Kier alpha value is -1.51. The van der Waals surface area contributed by atoms with E-state index in [-0.39, 0.29) is 12.4 Å². The van der Waals surface area contributed by atoms with Crippen molar-refractivity contribution in [2.24, 2.45) is 0 Å². The molecule has 2 aromatic rings. The monoisotopic (exact) mass is 308 g/mol. The van der Waals surface area contributed by atoms with Crippen molar-refractivity contribution in [1.82, 2.24) is 0 Å². The molecule has 0 unspecified atom stereocenters. The molecule has 2 aromatic carbocycles. The van der Waals surface area contributed by atoms with Crippen molar-refractivity contribution in [2.45, 2.75) is 13.8 Å². The van der Waals surface area contributed by atoms with Crippen LogP contribution in [-0.4, -0.2) is 12.4 Å². The summed E-state index contributed by atoms with van der Waals surface area (Å²) >= 11 is 11.9. The van der Waals surface area contributed by atoms with E-state index in [1.165, 1.54) is 0 Å². The highest BCUT2D eigenvalue weighted by molar-refractivity contribution is 6.35. The van der Waals surface area contributed by atoms with Crippen molar-refractivity contribution in [3.63, 3.8) is 0 Å². The zero-order valence-electron chi connectivity index (χ0n) is 11.2. The van der Waals surface area contributed by atoms with E-state index in [1.54, 1.807) is 18.2 Å². The zero-order valence-corrected chi connectivity index (χ0v) is 12.8. The summed E-state index contributed by atoms with van der Waals surface area (Å²) in [6.07, 6.45) is 0. The number of Topliss-reactive ketones (excluding diaryl/α,β-unsaturated/α-hetero) is 1. The summed E-state index contributed by atoms with van der Waals surface area (Å²) in [6, 6.07) is 10.6. The number of hydrogen-bond donors (Lipinski definition) is 0. The summed E-state index contributed by atoms with van der Waals surface area (Å²) in [6.45, 7) is 3.90. The number of aryl methyl sites for hydroxylation is 2.